The molecule has 1 aromatic heterocycles. The van der Waals surface area contributed by atoms with Crippen molar-refractivity contribution >= 4 is 17.2 Å². The Morgan fingerprint density at radius 1 is 1.20 bits per heavy atom. The van der Waals surface area contributed by atoms with Crippen LogP contribution in [0.5, 0.6) is 0 Å². The van der Waals surface area contributed by atoms with E-state index >= 15 is 0 Å². The Morgan fingerprint density at radius 2 is 1.84 bits per heavy atom. The monoisotopic (exact) mass is 357 g/mol. The molecule has 2 unspecified atom stereocenters. The third-order valence-electron chi connectivity index (χ3n) is 4.78. The summed E-state index contributed by atoms with van der Waals surface area (Å²) >= 11 is 1.39. The highest BCUT2D eigenvalue weighted by Gasteiger charge is 2.21. The summed E-state index contributed by atoms with van der Waals surface area (Å²) in [6.45, 7) is 10.5. The SMILES string of the molecule is Cc1ncsc1C(=O)NCc1ccc(CN2CC(C)CC(C)C2)cc1. The second-order valence-electron chi connectivity index (χ2n) is 7.41. The number of aromatic nitrogens is 1. The van der Waals surface area contributed by atoms with E-state index in [0.717, 1.165) is 29.6 Å². The molecular weight excluding hydrogens is 330 g/mol. The number of thiazole rings is 1. The number of carbonyl (C=O) groups excluding carboxylic acids is 1. The van der Waals surface area contributed by atoms with Crippen LogP contribution in [-0.4, -0.2) is 28.9 Å². The van der Waals surface area contributed by atoms with E-state index in [-0.39, 0.29) is 5.91 Å². The van der Waals surface area contributed by atoms with Gasteiger partial charge in [0.15, 0.2) is 0 Å². The molecule has 134 valence electrons. The molecule has 2 atom stereocenters. The number of nitrogens with one attached hydrogen (secondary N) is 1. The fraction of sp³-hybridized carbons (Fsp3) is 0.500. The highest BCUT2D eigenvalue weighted by Crippen LogP contribution is 2.22. The van der Waals surface area contributed by atoms with Gasteiger partial charge in [0.05, 0.1) is 11.2 Å². The van der Waals surface area contributed by atoms with Gasteiger partial charge in [-0.25, -0.2) is 4.98 Å². The van der Waals surface area contributed by atoms with Gasteiger partial charge in [0, 0.05) is 26.2 Å². The quantitative estimate of drug-likeness (QED) is 0.884. The molecule has 0 bridgehead atoms. The molecule has 1 N–H and O–H groups in total. The lowest BCUT2D eigenvalue weighted by atomic mass is 9.91. The van der Waals surface area contributed by atoms with Crippen LogP contribution in [0.3, 0.4) is 0 Å². The molecule has 1 amide bonds. The number of nitrogens with zero attached hydrogens (tertiary/aromatic N) is 2. The molecule has 0 spiro atoms. The maximum Gasteiger partial charge on any atom is 0.263 e. The van der Waals surface area contributed by atoms with E-state index < -0.39 is 0 Å². The van der Waals surface area contributed by atoms with Gasteiger partial charge >= 0.3 is 0 Å². The van der Waals surface area contributed by atoms with Crippen molar-refractivity contribution < 1.29 is 4.79 Å². The lowest BCUT2D eigenvalue weighted by molar-refractivity contribution is 0.0954. The van der Waals surface area contributed by atoms with Gasteiger partial charge in [-0.2, -0.15) is 0 Å². The zero-order valence-corrected chi connectivity index (χ0v) is 16.1. The third kappa shape index (κ3) is 4.89. The van der Waals surface area contributed by atoms with Gasteiger partial charge in [-0.05, 0) is 36.3 Å². The van der Waals surface area contributed by atoms with Gasteiger partial charge in [-0.3, -0.25) is 9.69 Å². The predicted octanol–water partition coefficient (Wildman–Crippen LogP) is 3.86. The highest BCUT2D eigenvalue weighted by molar-refractivity contribution is 7.11. The molecule has 1 saturated heterocycles. The molecule has 3 rings (SSSR count). The zero-order valence-electron chi connectivity index (χ0n) is 15.3. The summed E-state index contributed by atoms with van der Waals surface area (Å²) in [5.74, 6) is 1.53. The van der Waals surface area contributed by atoms with Crippen molar-refractivity contribution in [3.63, 3.8) is 0 Å². The van der Waals surface area contributed by atoms with E-state index in [1.165, 1.54) is 36.4 Å². The van der Waals surface area contributed by atoms with Gasteiger partial charge in [-0.15, -0.1) is 11.3 Å². The maximum absolute atomic E-state index is 12.1. The van der Waals surface area contributed by atoms with Crippen LogP contribution in [0.2, 0.25) is 0 Å². The first kappa shape index (κ1) is 18.1. The molecule has 1 aliphatic rings. The number of hydrogen-bond donors (Lipinski definition) is 1. The van der Waals surface area contributed by atoms with Gasteiger partial charge in [-0.1, -0.05) is 38.1 Å². The first-order valence-corrected chi connectivity index (χ1v) is 9.87. The Labute approximate surface area is 154 Å². The standard InChI is InChI=1S/C20H27N3OS/c1-14-8-15(2)11-23(10-14)12-18-6-4-17(5-7-18)9-21-20(24)19-16(3)22-13-25-19/h4-7,13-15H,8-12H2,1-3H3,(H,21,24). The van der Waals surface area contributed by atoms with Crippen molar-refractivity contribution in [2.24, 2.45) is 11.8 Å². The zero-order chi connectivity index (χ0) is 17.8. The average Bonchev–Trinajstić information content (AvgIpc) is 2.99. The van der Waals surface area contributed by atoms with Crippen LogP contribution < -0.4 is 5.32 Å². The molecule has 25 heavy (non-hydrogen) atoms. The molecule has 2 heterocycles. The van der Waals surface area contributed by atoms with Crippen molar-refractivity contribution in [3.05, 3.63) is 51.5 Å². The first-order chi connectivity index (χ1) is 12.0. The fourth-order valence-corrected chi connectivity index (χ4v) is 4.44. The first-order valence-electron chi connectivity index (χ1n) is 8.99. The van der Waals surface area contributed by atoms with Gasteiger partial charge in [0.2, 0.25) is 0 Å². The number of hydrogen-bond acceptors (Lipinski definition) is 4. The third-order valence-corrected chi connectivity index (χ3v) is 5.71. The Kier molecular flexibility index (Phi) is 5.86. The van der Waals surface area contributed by atoms with Crippen LogP contribution in [0.4, 0.5) is 0 Å². The number of rotatable bonds is 5. The normalized spacial score (nSPS) is 21.2. The molecule has 0 saturated carbocycles. The van der Waals surface area contributed by atoms with Crippen molar-refractivity contribution in [3.8, 4) is 0 Å². The minimum Gasteiger partial charge on any atom is -0.347 e. The topological polar surface area (TPSA) is 45.2 Å². The number of likely N-dealkylation sites (tertiary alicyclic amines) is 1. The van der Waals surface area contributed by atoms with E-state index in [1.807, 2.05) is 6.92 Å². The number of aryl methyl sites for hydroxylation is 1. The molecule has 1 aliphatic heterocycles. The molecule has 0 aliphatic carbocycles. The number of piperidine rings is 1. The second-order valence-corrected chi connectivity index (χ2v) is 8.26. The lowest BCUT2D eigenvalue weighted by Gasteiger charge is -2.35. The van der Waals surface area contributed by atoms with Crippen molar-refractivity contribution in [1.29, 1.82) is 0 Å². The summed E-state index contributed by atoms with van der Waals surface area (Å²) in [5.41, 5.74) is 4.97. The summed E-state index contributed by atoms with van der Waals surface area (Å²) in [4.78, 5) is 19.5. The Balaban J connectivity index is 1.52. The molecule has 4 nitrogen and oxygen atoms in total. The molecule has 0 radical (unpaired) electrons. The highest BCUT2D eigenvalue weighted by atomic mass is 32.1. The number of benzene rings is 1. The van der Waals surface area contributed by atoms with Crippen molar-refractivity contribution in [1.82, 2.24) is 15.2 Å². The Hall–Kier alpha value is -1.72. The number of carbonyl (C=O) groups is 1. The van der Waals surface area contributed by atoms with Gasteiger partial charge in [0.25, 0.3) is 5.91 Å². The van der Waals surface area contributed by atoms with Crippen LogP contribution >= 0.6 is 11.3 Å². The molecule has 1 aromatic carbocycles. The molecular formula is C20H27N3OS. The summed E-state index contributed by atoms with van der Waals surface area (Å²) in [6.07, 6.45) is 1.34. The van der Waals surface area contributed by atoms with E-state index in [2.05, 4.69) is 53.3 Å². The minimum absolute atomic E-state index is 0.0413. The number of amides is 1. The summed E-state index contributed by atoms with van der Waals surface area (Å²) in [6, 6.07) is 8.60. The van der Waals surface area contributed by atoms with Gasteiger partial charge < -0.3 is 5.32 Å². The minimum atomic E-state index is -0.0413. The summed E-state index contributed by atoms with van der Waals surface area (Å²) < 4.78 is 0. The van der Waals surface area contributed by atoms with Crippen LogP contribution in [0, 0.1) is 18.8 Å². The average molecular weight is 358 g/mol. The van der Waals surface area contributed by atoms with E-state index in [1.54, 1.807) is 5.51 Å². The van der Waals surface area contributed by atoms with Gasteiger partial charge in [0.1, 0.15) is 4.88 Å². The van der Waals surface area contributed by atoms with Crippen molar-refractivity contribution in [2.75, 3.05) is 13.1 Å². The Morgan fingerprint density at radius 3 is 2.44 bits per heavy atom. The maximum atomic E-state index is 12.1. The lowest BCUT2D eigenvalue weighted by Crippen LogP contribution is -2.38. The van der Waals surface area contributed by atoms with E-state index in [4.69, 9.17) is 0 Å². The second kappa shape index (κ2) is 8.11. The van der Waals surface area contributed by atoms with Crippen LogP contribution in [0.1, 0.15) is 46.8 Å². The van der Waals surface area contributed by atoms with Crippen LogP contribution in [-0.2, 0) is 13.1 Å². The Bertz CT molecular complexity index is 700. The summed E-state index contributed by atoms with van der Waals surface area (Å²) in [7, 11) is 0. The predicted molar refractivity (Wildman–Crippen MR) is 103 cm³/mol. The van der Waals surface area contributed by atoms with Crippen LogP contribution in [0.25, 0.3) is 0 Å². The van der Waals surface area contributed by atoms with Crippen molar-refractivity contribution in [2.45, 2.75) is 40.3 Å². The molecule has 2 aromatic rings. The van der Waals surface area contributed by atoms with Crippen LogP contribution in [0.15, 0.2) is 29.8 Å². The fourth-order valence-electron chi connectivity index (χ4n) is 3.72. The van der Waals surface area contributed by atoms with E-state index in [9.17, 15) is 4.79 Å². The molecule has 1 fully saturated rings. The smallest absolute Gasteiger partial charge is 0.263 e. The summed E-state index contributed by atoms with van der Waals surface area (Å²) in [5, 5.41) is 2.98. The largest absolute Gasteiger partial charge is 0.347 e. The molecule has 5 heteroatoms. The van der Waals surface area contributed by atoms with E-state index in [0.29, 0.717) is 11.4 Å².